The third-order valence-corrected chi connectivity index (χ3v) is 2.73. The van der Waals surface area contributed by atoms with Crippen molar-refractivity contribution in [3.63, 3.8) is 0 Å². The fraction of sp³-hybridized carbons (Fsp3) is 0.538. The maximum atomic E-state index is 5.19. The molecule has 0 radical (unpaired) electrons. The Morgan fingerprint density at radius 1 is 1.12 bits per heavy atom. The van der Waals surface area contributed by atoms with Gasteiger partial charge < -0.3 is 14.8 Å². The van der Waals surface area contributed by atoms with E-state index in [-0.39, 0.29) is 6.10 Å². The molecule has 1 rings (SSSR count). The molecule has 0 aliphatic rings. The predicted octanol–water partition coefficient (Wildman–Crippen LogP) is 2.38. The van der Waals surface area contributed by atoms with Gasteiger partial charge >= 0.3 is 0 Å². The highest BCUT2D eigenvalue weighted by molar-refractivity contribution is 5.28. The van der Waals surface area contributed by atoms with Gasteiger partial charge in [0.25, 0.3) is 0 Å². The smallest absolute Gasteiger partial charge is 0.118 e. The monoisotopic (exact) mass is 223 g/mol. The van der Waals surface area contributed by atoms with Gasteiger partial charge in [0.2, 0.25) is 0 Å². The van der Waals surface area contributed by atoms with Crippen LogP contribution in [0.25, 0.3) is 0 Å². The molecule has 0 spiro atoms. The van der Waals surface area contributed by atoms with Crippen molar-refractivity contribution in [2.75, 3.05) is 20.8 Å². The highest BCUT2D eigenvalue weighted by Crippen LogP contribution is 2.17. The van der Waals surface area contributed by atoms with E-state index in [1.54, 1.807) is 14.2 Å². The lowest BCUT2D eigenvalue weighted by Crippen LogP contribution is -2.28. The van der Waals surface area contributed by atoms with E-state index in [1.165, 1.54) is 5.56 Å². The van der Waals surface area contributed by atoms with Crippen LogP contribution in [0.1, 0.15) is 25.5 Å². The second kappa shape index (κ2) is 6.51. The van der Waals surface area contributed by atoms with E-state index >= 15 is 0 Å². The summed E-state index contributed by atoms with van der Waals surface area (Å²) in [5.74, 6) is 0.890. The van der Waals surface area contributed by atoms with Gasteiger partial charge in [0, 0.05) is 19.7 Å². The Hall–Kier alpha value is -1.06. The summed E-state index contributed by atoms with van der Waals surface area (Å²) in [5, 5.41) is 3.42. The van der Waals surface area contributed by atoms with Crippen LogP contribution in [0.5, 0.6) is 5.75 Å². The van der Waals surface area contributed by atoms with E-state index in [9.17, 15) is 0 Å². The van der Waals surface area contributed by atoms with Gasteiger partial charge in [-0.15, -0.1) is 0 Å². The Morgan fingerprint density at radius 2 is 1.75 bits per heavy atom. The number of ether oxygens (including phenoxy) is 2. The van der Waals surface area contributed by atoms with Gasteiger partial charge in [-0.1, -0.05) is 12.1 Å². The SMILES string of the molecule is COc1ccc([C@@H](C)NC[C@H](C)OC)cc1. The molecule has 1 N–H and O–H groups in total. The highest BCUT2D eigenvalue weighted by Gasteiger charge is 2.06. The lowest BCUT2D eigenvalue weighted by molar-refractivity contribution is 0.115. The minimum atomic E-state index is 0.237. The lowest BCUT2D eigenvalue weighted by Gasteiger charge is -2.17. The molecule has 0 bridgehead atoms. The Kier molecular flexibility index (Phi) is 5.29. The molecule has 0 aliphatic heterocycles. The van der Waals surface area contributed by atoms with Gasteiger partial charge in [-0.2, -0.15) is 0 Å². The molecule has 2 atom stereocenters. The average molecular weight is 223 g/mol. The molecule has 1 aromatic rings. The first-order valence-corrected chi connectivity index (χ1v) is 5.57. The van der Waals surface area contributed by atoms with Crippen LogP contribution in [0.2, 0.25) is 0 Å². The molecule has 1 aromatic carbocycles. The van der Waals surface area contributed by atoms with Crippen LogP contribution < -0.4 is 10.1 Å². The molecule has 16 heavy (non-hydrogen) atoms. The van der Waals surface area contributed by atoms with Crippen LogP contribution in [-0.2, 0) is 4.74 Å². The molecule has 0 saturated carbocycles. The molecule has 90 valence electrons. The average Bonchev–Trinajstić information content (AvgIpc) is 2.35. The van der Waals surface area contributed by atoms with E-state index in [1.807, 2.05) is 19.1 Å². The molecule has 3 heteroatoms. The molecule has 0 saturated heterocycles. The summed E-state index contributed by atoms with van der Waals surface area (Å²) in [6, 6.07) is 8.44. The summed E-state index contributed by atoms with van der Waals surface area (Å²) in [4.78, 5) is 0. The van der Waals surface area contributed by atoms with E-state index in [2.05, 4.69) is 24.4 Å². The minimum absolute atomic E-state index is 0.237. The fourth-order valence-electron chi connectivity index (χ4n) is 1.44. The number of methoxy groups -OCH3 is 2. The summed E-state index contributed by atoms with van der Waals surface area (Å²) < 4.78 is 10.3. The van der Waals surface area contributed by atoms with Crippen molar-refractivity contribution in [2.24, 2.45) is 0 Å². The van der Waals surface area contributed by atoms with Crippen molar-refractivity contribution in [3.8, 4) is 5.75 Å². The summed E-state index contributed by atoms with van der Waals surface area (Å²) >= 11 is 0. The lowest BCUT2D eigenvalue weighted by atomic mass is 10.1. The number of hydrogen-bond donors (Lipinski definition) is 1. The van der Waals surface area contributed by atoms with Crippen molar-refractivity contribution in [1.29, 1.82) is 0 Å². The minimum Gasteiger partial charge on any atom is -0.497 e. The Balaban J connectivity index is 2.49. The summed E-state index contributed by atoms with van der Waals surface area (Å²) in [6.07, 6.45) is 0.237. The number of nitrogens with one attached hydrogen (secondary N) is 1. The van der Waals surface area contributed by atoms with Crippen LogP contribution in [-0.4, -0.2) is 26.9 Å². The van der Waals surface area contributed by atoms with Gasteiger partial charge in [-0.05, 0) is 31.5 Å². The molecule has 0 fully saturated rings. The quantitative estimate of drug-likeness (QED) is 0.803. The second-order valence-electron chi connectivity index (χ2n) is 3.95. The second-order valence-corrected chi connectivity index (χ2v) is 3.95. The molecule has 0 aliphatic carbocycles. The van der Waals surface area contributed by atoms with E-state index in [0.29, 0.717) is 6.04 Å². The molecular weight excluding hydrogens is 202 g/mol. The van der Waals surface area contributed by atoms with Gasteiger partial charge in [0.05, 0.1) is 13.2 Å². The van der Waals surface area contributed by atoms with Gasteiger partial charge in [-0.3, -0.25) is 0 Å². The highest BCUT2D eigenvalue weighted by atomic mass is 16.5. The third kappa shape index (κ3) is 3.83. The van der Waals surface area contributed by atoms with Gasteiger partial charge in [0.1, 0.15) is 5.75 Å². The molecule has 0 aromatic heterocycles. The largest absolute Gasteiger partial charge is 0.497 e. The molecular formula is C13H21NO2. The van der Waals surface area contributed by atoms with E-state index < -0.39 is 0 Å². The molecule has 0 heterocycles. The van der Waals surface area contributed by atoms with E-state index in [4.69, 9.17) is 9.47 Å². The zero-order chi connectivity index (χ0) is 12.0. The predicted molar refractivity (Wildman–Crippen MR) is 65.9 cm³/mol. The zero-order valence-corrected chi connectivity index (χ0v) is 10.5. The Bertz CT molecular complexity index is 297. The van der Waals surface area contributed by atoms with Crippen molar-refractivity contribution >= 4 is 0 Å². The normalized spacial score (nSPS) is 14.5. The molecule has 0 unspecified atom stereocenters. The van der Waals surface area contributed by atoms with Crippen molar-refractivity contribution in [1.82, 2.24) is 5.32 Å². The molecule has 0 amide bonds. The standard InChI is InChI=1S/C13H21NO2/c1-10(15-3)9-14-11(2)12-5-7-13(16-4)8-6-12/h5-8,10-11,14H,9H2,1-4H3/t10-,11+/m0/s1. The van der Waals surface area contributed by atoms with E-state index in [0.717, 1.165) is 12.3 Å². The number of benzene rings is 1. The Labute approximate surface area is 97.8 Å². The van der Waals surface area contributed by atoms with Crippen molar-refractivity contribution in [2.45, 2.75) is 26.0 Å². The first-order valence-electron chi connectivity index (χ1n) is 5.57. The number of hydrogen-bond acceptors (Lipinski definition) is 3. The van der Waals surface area contributed by atoms with Crippen LogP contribution >= 0.6 is 0 Å². The first kappa shape index (κ1) is 13.0. The van der Waals surface area contributed by atoms with Crippen LogP contribution in [0.15, 0.2) is 24.3 Å². The zero-order valence-electron chi connectivity index (χ0n) is 10.5. The van der Waals surface area contributed by atoms with Crippen LogP contribution in [0.4, 0.5) is 0 Å². The third-order valence-electron chi connectivity index (χ3n) is 2.73. The topological polar surface area (TPSA) is 30.5 Å². The van der Waals surface area contributed by atoms with Crippen molar-refractivity contribution < 1.29 is 9.47 Å². The molecule has 3 nitrogen and oxygen atoms in total. The first-order chi connectivity index (χ1) is 7.67. The number of rotatable bonds is 6. The van der Waals surface area contributed by atoms with Gasteiger partial charge in [-0.25, -0.2) is 0 Å². The Morgan fingerprint density at radius 3 is 2.25 bits per heavy atom. The summed E-state index contributed by atoms with van der Waals surface area (Å²) in [6.45, 7) is 5.04. The summed E-state index contributed by atoms with van der Waals surface area (Å²) in [5.41, 5.74) is 1.25. The van der Waals surface area contributed by atoms with Crippen LogP contribution in [0.3, 0.4) is 0 Å². The van der Waals surface area contributed by atoms with Crippen molar-refractivity contribution in [3.05, 3.63) is 29.8 Å². The van der Waals surface area contributed by atoms with Crippen LogP contribution in [0, 0.1) is 0 Å². The maximum absolute atomic E-state index is 5.19. The maximum Gasteiger partial charge on any atom is 0.118 e. The summed E-state index contributed by atoms with van der Waals surface area (Å²) in [7, 11) is 3.40. The van der Waals surface area contributed by atoms with Gasteiger partial charge in [0.15, 0.2) is 0 Å². The fourth-order valence-corrected chi connectivity index (χ4v) is 1.44.